The van der Waals surface area contributed by atoms with Crippen LogP contribution in [0.25, 0.3) is 10.8 Å². The number of carbonyl (C=O) groups is 2. The zero-order chi connectivity index (χ0) is 16.3. The predicted octanol–water partition coefficient (Wildman–Crippen LogP) is 3.37. The number of benzene rings is 1. The first-order valence-corrected chi connectivity index (χ1v) is 6.76. The molecule has 2 aromatic rings. The molecule has 0 spiro atoms. The highest BCUT2D eigenvalue weighted by Crippen LogP contribution is 2.19. The van der Waals surface area contributed by atoms with Crippen LogP contribution in [0.3, 0.4) is 0 Å². The Balaban J connectivity index is 2.21. The second-order valence-corrected chi connectivity index (χ2v) is 5.75. The Morgan fingerprint density at radius 2 is 1.86 bits per heavy atom. The Hall–Kier alpha value is -2.63. The second-order valence-electron chi connectivity index (χ2n) is 5.75. The van der Waals surface area contributed by atoms with Gasteiger partial charge in [0.25, 0.3) is 0 Å². The van der Waals surface area contributed by atoms with Crippen LogP contribution in [0, 0.1) is 0 Å². The smallest absolute Gasteiger partial charge is 0.413 e. The van der Waals surface area contributed by atoms with Gasteiger partial charge in [0.2, 0.25) is 0 Å². The summed E-state index contributed by atoms with van der Waals surface area (Å²) in [5, 5.41) is 4.19. The van der Waals surface area contributed by atoms with E-state index in [9.17, 15) is 9.59 Å². The van der Waals surface area contributed by atoms with Crippen LogP contribution in [-0.2, 0) is 9.47 Å². The van der Waals surface area contributed by atoms with Crippen molar-refractivity contribution < 1.29 is 19.1 Å². The molecule has 116 valence electrons. The fourth-order valence-corrected chi connectivity index (χ4v) is 1.86. The molecule has 0 saturated carbocycles. The van der Waals surface area contributed by atoms with E-state index in [0.29, 0.717) is 11.4 Å². The van der Waals surface area contributed by atoms with Crippen LogP contribution in [0.4, 0.5) is 10.6 Å². The van der Waals surface area contributed by atoms with E-state index in [-0.39, 0.29) is 0 Å². The number of anilines is 1. The van der Waals surface area contributed by atoms with Crippen molar-refractivity contribution in [2.45, 2.75) is 26.4 Å². The molecule has 0 aliphatic heterocycles. The van der Waals surface area contributed by atoms with Gasteiger partial charge in [0.15, 0.2) is 0 Å². The summed E-state index contributed by atoms with van der Waals surface area (Å²) < 4.78 is 9.84. The van der Waals surface area contributed by atoms with Crippen LogP contribution in [-0.4, -0.2) is 29.8 Å². The molecule has 1 aromatic heterocycles. The van der Waals surface area contributed by atoms with Crippen molar-refractivity contribution in [1.82, 2.24) is 4.98 Å². The maximum atomic E-state index is 11.7. The molecule has 0 aliphatic carbocycles. The number of ether oxygens (including phenoxy) is 2. The first-order chi connectivity index (χ1) is 10.3. The fourth-order valence-electron chi connectivity index (χ4n) is 1.86. The number of carbonyl (C=O) groups excluding carboxylic acids is 2. The van der Waals surface area contributed by atoms with Crippen LogP contribution in [0.15, 0.2) is 30.5 Å². The third-order valence-corrected chi connectivity index (χ3v) is 2.77. The number of pyridine rings is 1. The molecule has 2 rings (SSSR count). The molecule has 0 saturated heterocycles. The molecule has 0 unspecified atom stereocenters. The highest BCUT2D eigenvalue weighted by molar-refractivity contribution is 5.96. The first-order valence-electron chi connectivity index (χ1n) is 6.76. The summed E-state index contributed by atoms with van der Waals surface area (Å²) in [6, 6.07) is 6.82. The molecule has 0 fully saturated rings. The molecule has 6 heteroatoms. The minimum atomic E-state index is -0.573. The van der Waals surface area contributed by atoms with Gasteiger partial charge in [-0.25, -0.2) is 14.6 Å². The van der Waals surface area contributed by atoms with Crippen molar-refractivity contribution in [1.29, 1.82) is 0 Å². The number of nitrogens with one attached hydrogen (secondary N) is 1. The van der Waals surface area contributed by atoms with E-state index in [0.717, 1.165) is 10.8 Å². The van der Waals surface area contributed by atoms with Gasteiger partial charge in [-0.1, -0.05) is 6.07 Å². The van der Waals surface area contributed by atoms with E-state index in [4.69, 9.17) is 4.74 Å². The number of methoxy groups -OCH3 is 1. The summed E-state index contributed by atoms with van der Waals surface area (Å²) in [4.78, 5) is 27.3. The van der Waals surface area contributed by atoms with Gasteiger partial charge >= 0.3 is 12.1 Å². The molecule has 1 heterocycles. The molecule has 0 radical (unpaired) electrons. The Morgan fingerprint density at radius 3 is 2.50 bits per heavy atom. The maximum absolute atomic E-state index is 11.7. The first kappa shape index (κ1) is 15.8. The summed E-state index contributed by atoms with van der Waals surface area (Å²) in [7, 11) is 1.33. The molecule has 0 atom stereocenters. The van der Waals surface area contributed by atoms with Crippen molar-refractivity contribution in [3.05, 3.63) is 36.0 Å². The van der Waals surface area contributed by atoms with Crippen LogP contribution in [0.2, 0.25) is 0 Å². The van der Waals surface area contributed by atoms with Gasteiger partial charge in [0.05, 0.1) is 12.7 Å². The molecule has 1 N–H and O–H groups in total. The molecular formula is C16H18N2O4. The molecule has 0 aliphatic rings. The standard InChI is InChI=1S/C16H18N2O4/c1-16(2,3)22-15(20)18-13-8-10-5-6-11(14(19)21-4)7-12(10)9-17-13/h5-9H,1-4H3,(H,17,18,20). The summed E-state index contributed by atoms with van der Waals surface area (Å²) in [5.41, 5.74) is -0.124. The summed E-state index contributed by atoms with van der Waals surface area (Å²) in [6.07, 6.45) is 1.01. The van der Waals surface area contributed by atoms with Crippen molar-refractivity contribution in [3.8, 4) is 0 Å². The van der Waals surface area contributed by atoms with Crippen LogP contribution in [0.5, 0.6) is 0 Å². The molecular weight excluding hydrogens is 284 g/mol. The van der Waals surface area contributed by atoms with E-state index < -0.39 is 17.7 Å². The van der Waals surface area contributed by atoms with Gasteiger partial charge < -0.3 is 9.47 Å². The Bertz CT molecular complexity index is 720. The molecule has 6 nitrogen and oxygen atoms in total. The van der Waals surface area contributed by atoms with E-state index in [2.05, 4.69) is 15.0 Å². The lowest BCUT2D eigenvalue weighted by Crippen LogP contribution is -2.27. The average Bonchev–Trinajstić information content (AvgIpc) is 2.43. The van der Waals surface area contributed by atoms with Crippen molar-refractivity contribution in [3.63, 3.8) is 0 Å². The van der Waals surface area contributed by atoms with Gasteiger partial charge in [-0.3, -0.25) is 5.32 Å². The number of hydrogen-bond donors (Lipinski definition) is 1. The third kappa shape index (κ3) is 3.94. The van der Waals surface area contributed by atoms with Gasteiger partial charge in [-0.15, -0.1) is 0 Å². The van der Waals surface area contributed by atoms with E-state index in [1.54, 1.807) is 51.2 Å². The van der Waals surface area contributed by atoms with E-state index in [1.807, 2.05) is 0 Å². The van der Waals surface area contributed by atoms with Gasteiger partial charge in [0, 0.05) is 11.6 Å². The lowest BCUT2D eigenvalue weighted by molar-refractivity contribution is 0.0598. The van der Waals surface area contributed by atoms with Crippen molar-refractivity contribution in [2.24, 2.45) is 0 Å². The predicted molar refractivity (Wildman–Crippen MR) is 82.9 cm³/mol. The zero-order valence-electron chi connectivity index (χ0n) is 13.0. The average molecular weight is 302 g/mol. The monoisotopic (exact) mass is 302 g/mol. The lowest BCUT2D eigenvalue weighted by Gasteiger charge is -2.19. The van der Waals surface area contributed by atoms with Crippen LogP contribution >= 0.6 is 0 Å². The SMILES string of the molecule is COC(=O)c1ccc2cc(NC(=O)OC(C)(C)C)ncc2c1. The van der Waals surface area contributed by atoms with Gasteiger partial charge in [-0.05, 0) is 44.4 Å². The van der Waals surface area contributed by atoms with Crippen LogP contribution < -0.4 is 5.32 Å². The number of hydrogen-bond acceptors (Lipinski definition) is 5. The number of aromatic nitrogens is 1. The minimum absolute atomic E-state index is 0.382. The maximum Gasteiger partial charge on any atom is 0.413 e. The quantitative estimate of drug-likeness (QED) is 0.861. The molecule has 1 aromatic carbocycles. The van der Waals surface area contributed by atoms with Crippen LogP contribution in [0.1, 0.15) is 31.1 Å². The number of rotatable bonds is 2. The Labute approximate surface area is 128 Å². The minimum Gasteiger partial charge on any atom is -0.465 e. The van der Waals surface area contributed by atoms with Crippen molar-refractivity contribution >= 4 is 28.7 Å². The normalized spacial score (nSPS) is 11.1. The number of amides is 1. The van der Waals surface area contributed by atoms with Crippen molar-refractivity contribution in [2.75, 3.05) is 12.4 Å². The highest BCUT2D eigenvalue weighted by Gasteiger charge is 2.16. The van der Waals surface area contributed by atoms with E-state index >= 15 is 0 Å². The lowest BCUT2D eigenvalue weighted by atomic mass is 10.1. The highest BCUT2D eigenvalue weighted by atomic mass is 16.6. The summed E-state index contributed by atoms with van der Waals surface area (Å²) in [5.74, 6) is -0.0228. The van der Waals surface area contributed by atoms with E-state index in [1.165, 1.54) is 7.11 Å². The number of fused-ring (bicyclic) bond motifs is 1. The fraction of sp³-hybridized carbons (Fsp3) is 0.312. The Morgan fingerprint density at radius 1 is 1.14 bits per heavy atom. The summed E-state index contributed by atoms with van der Waals surface area (Å²) in [6.45, 7) is 5.36. The number of esters is 1. The molecule has 1 amide bonds. The zero-order valence-corrected chi connectivity index (χ0v) is 13.0. The Kier molecular flexibility index (Phi) is 4.30. The van der Waals surface area contributed by atoms with Gasteiger partial charge in [0.1, 0.15) is 11.4 Å². The summed E-state index contributed by atoms with van der Waals surface area (Å²) >= 11 is 0. The largest absolute Gasteiger partial charge is 0.465 e. The van der Waals surface area contributed by atoms with Gasteiger partial charge in [-0.2, -0.15) is 0 Å². The number of nitrogens with zero attached hydrogens (tertiary/aromatic N) is 1. The second kappa shape index (κ2) is 6.01. The molecule has 22 heavy (non-hydrogen) atoms. The third-order valence-electron chi connectivity index (χ3n) is 2.77. The topological polar surface area (TPSA) is 77.5 Å². The molecule has 0 bridgehead atoms.